The van der Waals surface area contributed by atoms with Crippen molar-refractivity contribution >= 4 is 0 Å². The predicted molar refractivity (Wildman–Crippen MR) is 74.4 cm³/mol. The Labute approximate surface area is 111 Å². The van der Waals surface area contributed by atoms with Crippen molar-refractivity contribution < 1.29 is 4.42 Å². The van der Waals surface area contributed by atoms with Crippen LogP contribution in [0.5, 0.6) is 0 Å². The normalized spacial score (nSPS) is 15.5. The van der Waals surface area contributed by atoms with E-state index in [1.54, 1.807) is 0 Å². The summed E-state index contributed by atoms with van der Waals surface area (Å²) in [6.45, 7) is 9.58. The molecule has 0 atom stereocenters. The zero-order chi connectivity index (χ0) is 12.8. The molecule has 1 aromatic heterocycles. The van der Waals surface area contributed by atoms with Crippen LogP contribution in [0.3, 0.4) is 0 Å². The molecule has 0 amide bonds. The van der Waals surface area contributed by atoms with Gasteiger partial charge in [-0.05, 0) is 50.4 Å². The van der Waals surface area contributed by atoms with E-state index >= 15 is 0 Å². The maximum absolute atomic E-state index is 5.86. The van der Waals surface area contributed by atoms with Crippen LogP contribution in [0.1, 0.15) is 44.6 Å². The van der Waals surface area contributed by atoms with Crippen LogP contribution in [0.4, 0.5) is 0 Å². The second kappa shape index (κ2) is 6.95. The Kier molecular flexibility index (Phi) is 5.26. The molecule has 1 aliphatic rings. The van der Waals surface area contributed by atoms with E-state index in [9.17, 15) is 0 Å². The molecule has 1 N–H and O–H groups in total. The van der Waals surface area contributed by atoms with Crippen molar-refractivity contribution in [3.63, 3.8) is 0 Å². The topological polar surface area (TPSA) is 28.4 Å². The van der Waals surface area contributed by atoms with Crippen molar-refractivity contribution in [3.8, 4) is 0 Å². The zero-order valence-corrected chi connectivity index (χ0v) is 11.7. The number of hydrogen-bond donors (Lipinski definition) is 1. The van der Waals surface area contributed by atoms with Gasteiger partial charge in [0.25, 0.3) is 0 Å². The Hall–Kier alpha value is -0.800. The van der Waals surface area contributed by atoms with Crippen molar-refractivity contribution in [1.82, 2.24) is 10.2 Å². The molecule has 1 saturated carbocycles. The maximum atomic E-state index is 5.86. The van der Waals surface area contributed by atoms with Crippen LogP contribution in [-0.2, 0) is 13.1 Å². The molecule has 0 radical (unpaired) electrons. The number of rotatable bonds is 9. The second-order valence-corrected chi connectivity index (χ2v) is 5.33. The van der Waals surface area contributed by atoms with Gasteiger partial charge in [0.05, 0.1) is 13.1 Å². The van der Waals surface area contributed by atoms with E-state index in [2.05, 4.69) is 36.2 Å². The van der Waals surface area contributed by atoms with Gasteiger partial charge in [-0.2, -0.15) is 0 Å². The van der Waals surface area contributed by atoms with E-state index in [0.29, 0.717) is 0 Å². The van der Waals surface area contributed by atoms with E-state index in [0.717, 1.165) is 37.1 Å². The smallest absolute Gasteiger partial charge is 0.118 e. The van der Waals surface area contributed by atoms with Crippen molar-refractivity contribution in [2.75, 3.05) is 19.6 Å². The lowest BCUT2D eigenvalue weighted by atomic mass is 10.3. The van der Waals surface area contributed by atoms with Crippen LogP contribution in [0, 0.1) is 5.92 Å². The molecule has 102 valence electrons. The Bertz CT molecular complexity index is 344. The standard InChI is InChI=1S/C15H26N2O/c1-3-9-17(11-13-5-6-13)12-15-8-7-14(18-15)10-16-4-2/h7-8,13,16H,3-6,9-12H2,1-2H3. The minimum Gasteiger partial charge on any atom is -0.463 e. The lowest BCUT2D eigenvalue weighted by Crippen LogP contribution is -2.26. The van der Waals surface area contributed by atoms with Crippen molar-refractivity contribution in [2.24, 2.45) is 5.92 Å². The molecule has 2 rings (SSSR count). The van der Waals surface area contributed by atoms with E-state index < -0.39 is 0 Å². The minimum absolute atomic E-state index is 0.840. The molecule has 3 heteroatoms. The molecule has 1 aliphatic carbocycles. The van der Waals surface area contributed by atoms with Crippen LogP contribution in [0.25, 0.3) is 0 Å². The number of nitrogens with one attached hydrogen (secondary N) is 1. The molecule has 1 aromatic rings. The molecule has 0 aliphatic heterocycles. The summed E-state index contributed by atoms with van der Waals surface area (Å²) in [4.78, 5) is 2.54. The molecule has 3 nitrogen and oxygen atoms in total. The molecule has 0 bridgehead atoms. The first-order chi connectivity index (χ1) is 8.81. The summed E-state index contributed by atoms with van der Waals surface area (Å²) in [6.07, 6.45) is 4.06. The Morgan fingerprint density at radius 2 is 2.06 bits per heavy atom. The van der Waals surface area contributed by atoms with Crippen molar-refractivity contribution in [2.45, 2.75) is 46.2 Å². The van der Waals surface area contributed by atoms with Gasteiger partial charge >= 0.3 is 0 Å². The Morgan fingerprint density at radius 1 is 1.28 bits per heavy atom. The molecule has 0 aromatic carbocycles. The summed E-state index contributed by atoms with van der Waals surface area (Å²) < 4.78 is 5.86. The zero-order valence-electron chi connectivity index (χ0n) is 11.7. The monoisotopic (exact) mass is 250 g/mol. The number of furan rings is 1. The molecule has 1 fully saturated rings. The van der Waals surface area contributed by atoms with E-state index in [4.69, 9.17) is 4.42 Å². The van der Waals surface area contributed by atoms with Gasteiger partial charge in [0, 0.05) is 6.54 Å². The third-order valence-corrected chi connectivity index (χ3v) is 3.40. The fourth-order valence-electron chi connectivity index (χ4n) is 2.29. The highest BCUT2D eigenvalue weighted by Gasteiger charge is 2.24. The Morgan fingerprint density at radius 3 is 2.72 bits per heavy atom. The quantitative estimate of drug-likeness (QED) is 0.730. The van der Waals surface area contributed by atoms with Crippen LogP contribution in [-0.4, -0.2) is 24.5 Å². The molecule has 0 unspecified atom stereocenters. The summed E-state index contributed by atoms with van der Waals surface area (Å²) in [5.74, 6) is 3.11. The van der Waals surface area contributed by atoms with Crippen LogP contribution in [0.2, 0.25) is 0 Å². The molecular weight excluding hydrogens is 224 g/mol. The second-order valence-electron chi connectivity index (χ2n) is 5.33. The van der Waals surface area contributed by atoms with Crippen LogP contribution >= 0.6 is 0 Å². The van der Waals surface area contributed by atoms with Crippen LogP contribution in [0.15, 0.2) is 16.5 Å². The summed E-state index contributed by atoms with van der Waals surface area (Å²) in [7, 11) is 0. The van der Waals surface area contributed by atoms with Gasteiger partial charge in [0.1, 0.15) is 11.5 Å². The van der Waals surface area contributed by atoms with E-state index in [1.807, 2.05) is 0 Å². The first-order valence-corrected chi connectivity index (χ1v) is 7.32. The van der Waals surface area contributed by atoms with Gasteiger partial charge in [-0.3, -0.25) is 4.90 Å². The lowest BCUT2D eigenvalue weighted by Gasteiger charge is -2.20. The number of hydrogen-bond acceptors (Lipinski definition) is 3. The molecule has 0 spiro atoms. The Balaban J connectivity index is 1.82. The SMILES string of the molecule is CCCN(Cc1ccc(CNCC)o1)CC1CC1. The van der Waals surface area contributed by atoms with E-state index in [-0.39, 0.29) is 0 Å². The summed E-state index contributed by atoms with van der Waals surface area (Å²) in [5.41, 5.74) is 0. The fraction of sp³-hybridized carbons (Fsp3) is 0.733. The fourth-order valence-corrected chi connectivity index (χ4v) is 2.29. The highest BCUT2D eigenvalue weighted by Crippen LogP contribution is 2.30. The van der Waals surface area contributed by atoms with Gasteiger partial charge < -0.3 is 9.73 Å². The average molecular weight is 250 g/mol. The first kappa shape index (κ1) is 13.6. The highest BCUT2D eigenvalue weighted by atomic mass is 16.3. The summed E-state index contributed by atoms with van der Waals surface area (Å²) in [6, 6.07) is 4.22. The van der Waals surface area contributed by atoms with Gasteiger partial charge in [-0.25, -0.2) is 0 Å². The van der Waals surface area contributed by atoms with E-state index in [1.165, 1.54) is 32.4 Å². The summed E-state index contributed by atoms with van der Waals surface area (Å²) in [5, 5.41) is 3.29. The minimum atomic E-state index is 0.840. The maximum Gasteiger partial charge on any atom is 0.118 e. The van der Waals surface area contributed by atoms with Gasteiger partial charge in [-0.1, -0.05) is 13.8 Å². The largest absolute Gasteiger partial charge is 0.463 e. The van der Waals surface area contributed by atoms with Gasteiger partial charge in [0.15, 0.2) is 0 Å². The first-order valence-electron chi connectivity index (χ1n) is 7.32. The van der Waals surface area contributed by atoms with Crippen molar-refractivity contribution in [3.05, 3.63) is 23.7 Å². The molecule has 1 heterocycles. The van der Waals surface area contributed by atoms with Crippen molar-refractivity contribution in [1.29, 1.82) is 0 Å². The van der Waals surface area contributed by atoms with Crippen LogP contribution < -0.4 is 5.32 Å². The third-order valence-electron chi connectivity index (χ3n) is 3.40. The highest BCUT2D eigenvalue weighted by molar-refractivity contribution is 5.07. The average Bonchev–Trinajstić information content (AvgIpc) is 3.05. The molecule has 18 heavy (non-hydrogen) atoms. The molecular formula is C15H26N2O. The summed E-state index contributed by atoms with van der Waals surface area (Å²) >= 11 is 0. The predicted octanol–water partition coefficient (Wildman–Crippen LogP) is 3.01. The third kappa shape index (κ3) is 4.46. The lowest BCUT2D eigenvalue weighted by molar-refractivity contribution is 0.232. The van der Waals surface area contributed by atoms with Gasteiger partial charge in [-0.15, -0.1) is 0 Å². The number of nitrogens with zero attached hydrogens (tertiary/aromatic N) is 1. The molecule has 0 saturated heterocycles. The van der Waals surface area contributed by atoms with Gasteiger partial charge in [0.2, 0.25) is 0 Å².